The summed E-state index contributed by atoms with van der Waals surface area (Å²) in [5, 5.41) is 24.4. The molecule has 0 saturated carbocycles. The van der Waals surface area contributed by atoms with Gasteiger partial charge in [-0.25, -0.2) is 4.79 Å². The second kappa shape index (κ2) is 12.3. The molecule has 2 heterocycles. The number of rotatable bonds is 8. The van der Waals surface area contributed by atoms with Gasteiger partial charge in [0.1, 0.15) is 46.8 Å². The topological polar surface area (TPSA) is 146 Å². The molecule has 1 fully saturated rings. The van der Waals surface area contributed by atoms with E-state index in [1.54, 1.807) is 52.1 Å². The minimum atomic E-state index is -1.40. The molecule has 1 saturated heterocycles. The Hall–Kier alpha value is -4.42. The van der Waals surface area contributed by atoms with E-state index in [0.717, 1.165) is 5.56 Å². The van der Waals surface area contributed by atoms with E-state index in [-0.39, 0.29) is 22.6 Å². The standard InChI is InChI=1S/C33H35NO10/c1-17-23(42-32-26(36)25(35)29(41-6)33(2,3)44-32)15-14-18-16-22(31(38)43-27(17)18)34-30(37)21-12-9-11-20(28(21)40-5)19-10-7-8-13-24(19)39-4/h7-16,25-26,29,32,35-36H,1-6H3,(H,34,37)/t25-,26+,29+,32+/m0/s1. The van der Waals surface area contributed by atoms with Gasteiger partial charge < -0.3 is 43.6 Å². The zero-order valence-electron chi connectivity index (χ0n) is 25.2. The van der Waals surface area contributed by atoms with Gasteiger partial charge >= 0.3 is 5.63 Å². The van der Waals surface area contributed by atoms with E-state index in [9.17, 15) is 19.8 Å². The van der Waals surface area contributed by atoms with Crippen LogP contribution in [0.25, 0.3) is 22.1 Å². The second-order valence-corrected chi connectivity index (χ2v) is 10.9. The van der Waals surface area contributed by atoms with Crippen LogP contribution in [-0.4, -0.2) is 67.7 Å². The van der Waals surface area contributed by atoms with Crippen LogP contribution in [-0.2, 0) is 9.47 Å². The van der Waals surface area contributed by atoms with Crippen molar-refractivity contribution < 1.29 is 43.1 Å². The first-order valence-corrected chi connectivity index (χ1v) is 13.9. The highest BCUT2D eigenvalue weighted by atomic mass is 16.7. The molecular formula is C33H35NO10. The van der Waals surface area contributed by atoms with E-state index in [1.807, 2.05) is 30.3 Å². The van der Waals surface area contributed by atoms with Crippen molar-refractivity contribution in [3.8, 4) is 28.4 Å². The number of aliphatic hydroxyl groups excluding tert-OH is 2. The number of aliphatic hydroxyl groups is 2. The maximum atomic E-state index is 13.4. The average molecular weight is 606 g/mol. The van der Waals surface area contributed by atoms with Crippen LogP contribution < -0.4 is 25.2 Å². The number of anilines is 1. The number of fused-ring (bicyclic) bond motifs is 1. The van der Waals surface area contributed by atoms with E-state index in [2.05, 4.69) is 5.32 Å². The lowest BCUT2D eigenvalue weighted by Gasteiger charge is -2.46. The largest absolute Gasteiger partial charge is 0.496 e. The molecule has 44 heavy (non-hydrogen) atoms. The van der Waals surface area contributed by atoms with Crippen molar-refractivity contribution in [2.75, 3.05) is 26.6 Å². The molecule has 4 aromatic rings. The van der Waals surface area contributed by atoms with Gasteiger partial charge in [0.25, 0.3) is 5.91 Å². The number of benzene rings is 3. The van der Waals surface area contributed by atoms with Crippen LogP contribution >= 0.6 is 0 Å². The summed E-state index contributed by atoms with van der Waals surface area (Å²) in [6.45, 7) is 5.12. The monoisotopic (exact) mass is 605 g/mol. The predicted molar refractivity (Wildman–Crippen MR) is 163 cm³/mol. The summed E-state index contributed by atoms with van der Waals surface area (Å²) in [6, 6.07) is 17.3. The zero-order valence-corrected chi connectivity index (χ0v) is 25.2. The molecular weight excluding hydrogens is 570 g/mol. The number of nitrogens with one attached hydrogen (secondary N) is 1. The van der Waals surface area contributed by atoms with Crippen LogP contribution in [0.4, 0.5) is 5.69 Å². The number of para-hydroxylation sites is 2. The normalized spacial score (nSPS) is 21.1. The molecule has 1 amide bonds. The fourth-order valence-corrected chi connectivity index (χ4v) is 5.55. The summed E-state index contributed by atoms with van der Waals surface area (Å²) < 4.78 is 33.9. The summed E-state index contributed by atoms with van der Waals surface area (Å²) in [5.74, 6) is 0.634. The highest BCUT2D eigenvalue weighted by Crippen LogP contribution is 2.39. The fourth-order valence-electron chi connectivity index (χ4n) is 5.55. The molecule has 3 aromatic carbocycles. The maximum Gasteiger partial charge on any atom is 0.360 e. The van der Waals surface area contributed by atoms with Crippen LogP contribution in [0.5, 0.6) is 17.2 Å². The first-order valence-electron chi connectivity index (χ1n) is 13.9. The van der Waals surface area contributed by atoms with E-state index in [4.69, 9.17) is 28.1 Å². The molecule has 0 bridgehead atoms. The molecule has 1 aromatic heterocycles. The van der Waals surface area contributed by atoms with Crippen molar-refractivity contribution in [2.45, 2.75) is 51.0 Å². The molecule has 5 rings (SSSR count). The molecule has 11 heteroatoms. The van der Waals surface area contributed by atoms with E-state index in [0.29, 0.717) is 28.0 Å². The number of amides is 1. The predicted octanol–water partition coefficient (Wildman–Crippen LogP) is 4.29. The average Bonchev–Trinajstić information content (AvgIpc) is 3.01. The van der Waals surface area contributed by atoms with Gasteiger partial charge in [0.15, 0.2) is 0 Å². The zero-order chi connectivity index (χ0) is 31.8. The van der Waals surface area contributed by atoms with Gasteiger partial charge in [-0.1, -0.05) is 30.3 Å². The maximum absolute atomic E-state index is 13.4. The van der Waals surface area contributed by atoms with Gasteiger partial charge in [0.2, 0.25) is 6.29 Å². The molecule has 232 valence electrons. The molecule has 1 aliphatic rings. The lowest BCUT2D eigenvalue weighted by Crippen LogP contribution is -2.63. The van der Waals surface area contributed by atoms with Gasteiger partial charge in [-0.05, 0) is 51.1 Å². The van der Waals surface area contributed by atoms with Gasteiger partial charge in [0, 0.05) is 29.2 Å². The lowest BCUT2D eigenvalue weighted by atomic mass is 9.89. The van der Waals surface area contributed by atoms with Crippen LogP contribution in [0.1, 0.15) is 29.8 Å². The summed E-state index contributed by atoms with van der Waals surface area (Å²) in [4.78, 5) is 26.5. The van der Waals surface area contributed by atoms with Gasteiger partial charge in [-0.3, -0.25) is 4.79 Å². The Bertz CT molecular complexity index is 1750. The Morgan fingerprint density at radius 1 is 0.909 bits per heavy atom. The third-order valence-corrected chi connectivity index (χ3v) is 7.75. The van der Waals surface area contributed by atoms with Gasteiger partial charge in [-0.2, -0.15) is 0 Å². The molecule has 11 nitrogen and oxygen atoms in total. The van der Waals surface area contributed by atoms with Crippen molar-refractivity contribution in [3.05, 3.63) is 82.2 Å². The van der Waals surface area contributed by atoms with Crippen LogP contribution in [0.15, 0.2) is 69.9 Å². The molecule has 3 N–H and O–H groups in total. The third kappa shape index (κ3) is 5.62. The summed E-state index contributed by atoms with van der Waals surface area (Å²) in [7, 11) is 4.45. The molecule has 1 aliphatic heterocycles. The number of carbonyl (C=O) groups excluding carboxylic acids is 1. The molecule has 0 spiro atoms. The van der Waals surface area contributed by atoms with E-state index >= 15 is 0 Å². The Morgan fingerprint density at radius 2 is 1.64 bits per heavy atom. The minimum Gasteiger partial charge on any atom is -0.496 e. The molecule has 4 atom stereocenters. The highest BCUT2D eigenvalue weighted by Gasteiger charge is 2.50. The molecule has 0 aliphatic carbocycles. The van der Waals surface area contributed by atoms with Crippen molar-refractivity contribution in [1.29, 1.82) is 0 Å². The third-order valence-electron chi connectivity index (χ3n) is 7.75. The first kappa shape index (κ1) is 31.0. The summed E-state index contributed by atoms with van der Waals surface area (Å²) in [5.41, 5.74) is 0.470. The smallest absolute Gasteiger partial charge is 0.360 e. The highest BCUT2D eigenvalue weighted by molar-refractivity contribution is 6.08. The fraction of sp³-hybridized carbons (Fsp3) is 0.333. The van der Waals surface area contributed by atoms with Crippen LogP contribution in [0.3, 0.4) is 0 Å². The number of methoxy groups -OCH3 is 3. The summed E-state index contributed by atoms with van der Waals surface area (Å²) in [6.07, 6.45) is -4.64. The molecule has 0 unspecified atom stereocenters. The Kier molecular flexibility index (Phi) is 8.66. The SMILES string of the molecule is COc1ccccc1-c1cccc(C(=O)Nc2cc3ccc(O[C@@H]4OC(C)(C)[C@H](OC)[C@@H](O)[C@H]4O)c(C)c3oc2=O)c1OC. The van der Waals surface area contributed by atoms with Gasteiger partial charge in [-0.15, -0.1) is 0 Å². The first-order chi connectivity index (χ1) is 21.0. The van der Waals surface area contributed by atoms with Crippen molar-refractivity contribution in [3.63, 3.8) is 0 Å². The number of carbonyl (C=O) groups is 1. The van der Waals surface area contributed by atoms with Crippen molar-refractivity contribution >= 4 is 22.6 Å². The number of hydrogen-bond acceptors (Lipinski definition) is 10. The number of aryl methyl sites for hydroxylation is 1. The lowest BCUT2D eigenvalue weighted by molar-refractivity contribution is -0.306. The van der Waals surface area contributed by atoms with E-state index < -0.39 is 41.7 Å². The molecule has 0 radical (unpaired) electrons. The minimum absolute atomic E-state index is 0.0677. The Morgan fingerprint density at radius 3 is 2.34 bits per heavy atom. The number of hydrogen-bond donors (Lipinski definition) is 3. The van der Waals surface area contributed by atoms with Gasteiger partial charge in [0.05, 0.1) is 25.4 Å². The van der Waals surface area contributed by atoms with E-state index in [1.165, 1.54) is 20.3 Å². The second-order valence-electron chi connectivity index (χ2n) is 10.9. The Balaban J connectivity index is 1.42. The van der Waals surface area contributed by atoms with Crippen molar-refractivity contribution in [2.24, 2.45) is 0 Å². The Labute approximate surface area is 253 Å². The number of ether oxygens (including phenoxy) is 5. The van der Waals surface area contributed by atoms with Crippen LogP contribution in [0, 0.1) is 6.92 Å². The summed E-state index contributed by atoms with van der Waals surface area (Å²) >= 11 is 0. The van der Waals surface area contributed by atoms with Crippen molar-refractivity contribution in [1.82, 2.24) is 0 Å². The quantitative estimate of drug-likeness (QED) is 0.249. The van der Waals surface area contributed by atoms with Crippen LogP contribution in [0.2, 0.25) is 0 Å².